The van der Waals surface area contributed by atoms with Gasteiger partial charge in [-0.15, -0.1) is 11.3 Å². The topological polar surface area (TPSA) is 97.2 Å². The molecule has 1 aromatic heterocycles. The Kier molecular flexibility index (Phi) is 7.80. The van der Waals surface area contributed by atoms with Gasteiger partial charge < -0.3 is 20.0 Å². The van der Waals surface area contributed by atoms with Gasteiger partial charge in [-0.3, -0.25) is 4.79 Å². The second-order valence-corrected chi connectivity index (χ2v) is 7.99. The summed E-state index contributed by atoms with van der Waals surface area (Å²) < 4.78 is 6.10. The van der Waals surface area contributed by atoms with E-state index in [1.807, 2.05) is 24.3 Å². The summed E-state index contributed by atoms with van der Waals surface area (Å²) in [6.07, 6.45) is 1.31. The Morgan fingerprint density at radius 3 is 2.65 bits per heavy atom. The first kappa shape index (κ1) is 22.5. The predicted octanol–water partition coefficient (Wildman–Crippen LogP) is 5.05. The fraction of sp³-hybridized carbons (Fsp3) is 0.136. The van der Waals surface area contributed by atoms with E-state index in [2.05, 4.69) is 26.4 Å². The molecule has 0 fully saturated rings. The third-order valence-corrected chi connectivity index (χ3v) is 5.50. The molecule has 0 bridgehead atoms. The molecule has 0 saturated heterocycles. The third-order valence-electron chi connectivity index (χ3n) is 4.08. The van der Waals surface area contributed by atoms with Crippen molar-refractivity contribution in [2.24, 2.45) is 5.16 Å². The highest BCUT2D eigenvalue weighted by Crippen LogP contribution is 2.36. The number of nitrogens with one attached hydrogen (secondary N) is 1. The molecule has 0 radical (unpaired) electrons. The second kappa shape index (κ2) is 10.7. The van der Waals surface area contributed by atoms with E-state index in [1.54, 1.807) is 30.5 Å². The summed E-state index contributed by atoms with van der Waals surface area (Å²) in [5.74, 6) is -0.947. The van der Waals surface area contributed by atoms with E-state index < -0.39 is 11.9 Å². The molecule has 160 valence electrons. The largest absolute Gasteiger partial charge is 0.507 e. The summed E-state index contributed by atoms with van der Waals surface area (Å²) in [7, 11) is 0. The van der Waals surface area contributed by atoms with Crippen molar-refractivity contribution in [2.75, 3.05) is 18.5 Å². The van der Waals surface area contributed by atoms with Gasteiger partial charge in [0.15, 0.2) is 6.61 Å². The zero-order valence-electron chi connectivity index (χ0n) is 16.5. The highest BCUT2D eigenvalue weighted by Gasteiger charge is 2.23. The van der Waals surface area contributed by atoms with E-state index in [0.29, 0.717) is 21.7 Å². The molecule has 2 N–H and O–H groups in total. The van der Waals surface area contributed by atoms with Gasteiger partial charge in [-0.25, -0.2) is 4.79 Å². The van der Waals surface area contributed by atoms with Gasteiger partial charge in [0, 0.05) is 21.0 Å². The number of benzene rings is 2. The fourth-order valence-corrected chi connectivity index (χ4v) is 3.88. The Bertz CT molecular complexity index is 1100. The number of anilines is 1. The maximum absolute atomic E-state index is 12.6. The Balaban J connectivity index is 1.71. The molecule has 0 atom stereocenters. The van der Waals surface area contributed by atoms with Crippen LogP contribution < -0.4 is 5.32 Å². The number of phenolic OH excluding ortho intramolecular Hbond substituents is 1. The minimum absolute atomic E-state index is 0.0532. The molecule has 0 aliphatic heterocycles. The smallest absolute Gasteiger partial charge is 0.341 e. The summed E-state index contributed by atoms with van der Waals surface area (Å²) in [5, 5.41) is 18.2. The first-order valence-electron chi connectivity index (χ1n) is 9.27. The molecule has 1 amide bonds. The van der Waals surface area contributed by atoms with Crippen LogP contribution in [0.15, 0.2) is 63.5 Å². The lowest BCUT2D eigenvalue weighted by molar-refractivity contribution is -0.120. The van der Waals surface area contributed by atoms with Crippen LogP contribution in [0.2, 0.25) is 0 Å². The molecule has 0 aliphatic rings. The number of ether oxygens (including phenoxy) is 1. The van der Waals surface area contributed by atoms with Crippen molar-refractivity contribution in [3.8, 4) is 16.9 Å². The van der Waals surface area contributed by atoms with E-state index >= 15 is 0 Å². The van der Waals surface area contributed by atoms with Crippen LogP contribution >= 0.6 is 27.3 Å². The Hall–Kier alpha value is -3.17. The Morgan fingerprint density at radius 1 is 1.19 bits per heavy atom. The van der Waals surface area contributed by atoms with E-state index in [1.165, 1.54) is 23.6 Å². The molecule has 0 aliphatic carbocycles. The number of esters is 1. The van der Waals surface area contributed by atoms with Gasteiger partial charge in [0.05, 0.1) is 12.8 Å². The number of oxime groups is 1. The third kappa shape index (κ3) is 5.93. The zero-order chi connectivity index (χ0) is 22.2. The molecule has 31 heavy (non-hydrogen) atoms. The van der Waals surface area contributed by atoms with Crippen molar-refractivity contribution >= 4 is 50.4 Å². The summed E-state index contributed by atoms with van der Waals surface area (Å²) in [4.78, 5) is 29.9. The lowest BCUT2D eigenvalue weighted by atomic mass is 10.0. The van der Waals surface area contributed by atoms with Gasteiger partial charge in [0.1, 0.15) is 16.3 Å². The van der Waals surface area contributed by atoms with Crippen molar-refractivity contribution in [3.05, 3.63) is 69.5 Å². The van der Waals surface area contributed by atoms with E-state index in [4.69, 9.17) is 9.57 Å². The maximum Gasteiger partial charge on any atom is 0.341 e. The maximum atomic E-state index is 12.6. The molecule has 7 nitrogen and oxygen atoms in total. The fourth-order valence-electron chi connectivity index (χ4n) is 2.65. The van der Waals surface area contributed by atoms with Crippen LogP contribution in [0.4, 0.5) is 5.00 Å². The lowest BCUT2D eigenvalue weighted by Crippen LogP contribution is -2.18. The number of amides is 1. The molecule has 0 spiro atoms. The van der Waals surface area contributed by atoms with Gasteiger partial charge in [-0.1, -0.05) is 45.4 Å². The van der Waals surface area contributed by atoms with E-state index in [0.717, 1.165) is 10.0 Å². The molecule has 0 saturated carbocycles. The molecule has 0 unspecified atom stereocenters. The van der Waals surface area contributed by atoms with Crippen molar-refractivity contribution in [3.63, 3.8) is 0 Å². The SMILES string of the molecule is CCOC(=O)c1c(-c2ccc(Br)cc2)csc1NC(=O)CO/N=C/c1ccccc1O. The minimum atomic E-state index is -0.518. The van der Waals surface area contributed by atoms with Gasteiger partial charge in [0.25, 0.3) is 5.91 Å². The first-order valence-corrected chi connectivity index (χ1v) is 10.9. The van der Waals surface area contributed by atoms with E-state index in [-0.39, 0.29) is 19.0 Å². The number of nitrogens with zero attached hydrogens (tertiary/aromatic N) is 1. The average molecular weight is 503 g/mol. The van der Waals surface area contributed by atoms with Crippen LogP contribution in [0.25, 0.3) is 11.1 Å². The van der Waals surface area contributed by atoms with Gasteiger partial charge in [-0.05, 0) is 36.8 Å². The number of para-hydroxylation sites is 1. The predicted molar refractivity (Wildman–Crippen MR) is 124 cm³/mol. The average Bonchev–Trinajstić information content (AvgIpc) is 3.16. The molecular formula is C22H19BrN2O5S. The van der Waals surface area contributed by atoms with Crippen molar-refractivity contribution in [1.82, 2.24) is 0 Å². The van der Waals surface area contributed by atoms with Crippen LogP contribution in [-0.4, -0.2) is 36.4 Å². The number of aromatic hydroxyl groups is 1. The minimum Gasteiger partial charge on any atom is -0.507 e. The standard InChI is InChI=1S/C22H19BrN2O5S/c1-2-29-22(28)20-17(14-7-9-16(23)10-8-14)13-31-21(20)25-19(27)12-30-24-11-15-5-3-4-6-18(15)26/h3-11,13,26H,2,12H2,1H3,(H,25,27)/b24-11+. The Labute approximate surface area is 191 Å². The van der Waals surface area contributed by atoms with Crippen LogP contribution in [0, 0.1) is 0 Å². The summed E-state index contributed by atoms with van der Waals surface area (Å²) in [5.41, 5.74) is 2.25. The number of thiophene rings is 1. The van der Waals surface area contributed by atoms with Gasteiger partial charge >= 0.3 is 5.97 Å². The molecule has 2 aromatic carbocycles. The van der Waals surface area contributed by atoms with Crippen molar-refractivity contribution < 1.29 is 24.3 Å². The normalized spacial score (nSPS) is 10.8. The molecular weight excluding hydrogens is 484 g/mol. The van der Waals surface area contributed by atoms with Crippen LogP contribution in [-0.2, 0) is 14.4 Å². The molecule has 3 aromatic rings. The number of rotatable bonds is 8. The number of hydrogen-bond acceptors (Lipinski definition) is 7. The van der Waals surface area contributed by atoms with Gasteiger partial charge in [0.2, 0.25) is 0 Å². The van der Waals surface area contributed by atoms with Gasteiger partial charge in [-0.2, -0.15) is 0 Å². The van der Waals surface area contributed by atoms with Crippen molar-refractivity contribution in [1.29, 1.82) is 0 Å². The Morgan fingerprint density at radius 2 is 1.94 bits per heavy atom. The van der Waals surface area contributed by atoms with Crippen LogP contribution in [0.3, 0.4) is 0 Å². The van der Waals surface area contributed by atoms with Crippen molar-refractivity contribution in [2.45, 2.75) is 6.92 Å². The highest BCUT2D eigenvalue weighted by atomic mass is 79.9. The first-order chi connectivity index (χ1) is 15.0. The number of phenols is 1. The number of halogens is 1. The molecule has 1 heterocycles. The van der Waals surface area contributed by atoms with Crippen LogP contribution in [0.1, 0.15) is 22.8 Å². The summed E-state index contributed by atoms with van der Waals surface area (Å²) in [6.45, 7) is 1.57. The van der Waals surface area contributed by atoms with E-state index in [9.17, 15) is 14.7 Å². The number of carbonyl (C=O) groups excluding carboxylic acids is 2. The van der Waals surface area contributed by atoms with Crippen LogP contribution in [0.5, 0.6) is 5.75 Å². The second-order valence-electron chi connectivity index (χ2n) is 6.20. The molecule has 3 rings (SSSR count). The number of hydrogen-bond donors (Lipinski definition) is 2. The quantitative estimate of drug-likeness (QED) is 0.255. The zero-order valence-corrected chi connectivity index (χ0v) is 18.9. The summed E-state index contributed by atoms with van der Waals surface area (Å²) >= 11 is 4.62. The summed E-state index contributed by atoms with van der Waals surface area (Å²) in [6, 6.07) is 14.1. The lowest BCUT2D eigenvalue weighted by Gasteiger charge is -2.08. The monoisotopic (exact) mass is 502 g/mol. The highest BCUT2D eigenvalue weighted by molar-refractivity contribution is 9.10. The number of carbonyl (C=O) groups is 2. The molecule has 9 heteroatoms.